The molecule has 0 radical (unpaired) electrons. The summed E-state index contributed by atoms with van der Waals surface area (Å²) in [6, 6.07) is 10.0. The molecule has 1 aromatic rings. The number of carbonyl (C=O) groups excluding carboxylic acids is 1. The number of aldehydes is 1. The van der Waals surface area contributed by atoms with Gasteiger partial charge in [0, 0.05) is 17.8 Å². The van der Waals surface area contributed by atoms with Crippen LogP contribution < -0.4 is 5.32 Å². The summed E-state index contributed by atoms with van der Waals surface area (Å²) < 4.78 is 0. The molecule has 2 heteroatoms. The Morgan fingerprint density at radius 3 is 2.71 bits per heavy atom. The first-order valence-corrected chi connectivity index (χ1v) is 4.89. The zero-order valence-electron chi connectivity index (χ0n) is 7.99. The molecule has 14 heavy (non-hydrogen) atoms. The van der Waals surface area contributed by atoms with Crippen molar-refractivity contribution in [2.75, 3.05) is 6.54 Å². The third-order valence-corrected chi connectivity index (χ3v) is 2.45. The van der Waals surface area contributed by atoms with E-state index in [0.29, 0.717) is 0 Å². The minimum atomic E-state index is 0.890. The first-order valence-electron chi connectivity index (χ1n) is 4.89. The van der Waals surface area contributed by atoms with Gasteiger partial charge in [-0.25, -0.2) is 0 Å². The zero-order chi connectivity index (χ0) is 9.80. The lowest BCUT2D eigenvalue weighted by Gasteiger charge is -2.19. The van der Waals surface area contributed by atoms with Crippen molar-refractivity contribution in [1.29, 1.82) is 0 Å². The SMILES string of the molecule is O=CC1=C(c2ccccc2)NCCC1. The van der Waals surface area contributed by atoms with E-state index in [1.807, 2.05) is 30.3 Å². The van der Waals surface area contributed by atoms with E-state index < -0.39 is 0 Å². The number of hydrogen-bond acceptors (Lipinski definition) is 2. The van der Waals surface area contributed by atoms with E-state index in [2.05, 4.69) is 5.32 Å². The lowest BCUT2D eigenvalue weighted by Crippen LogP contribution is -2.21. The third kappa shape index (κ3) is 1.69. The molecule has 1 aromatic carbocycles. The van der Waals surface area contributed by atoms with Gasteiger partial charge in [0.05, 0.1) is 0 Å². The fourth-order valence-electron chi connectivity index (χ4n) is 1.74. The first kappa shape index (κ1) is 9.00. The molecule has 72 valence electrons. The van der Waals surface area contributed by atoms with Crippen molar-refractivity contribution in [1.82, 2.24) is 5.32 Å². The highest BCUT2D eigenvalue weighted by molar-refractivity contribution is 5.87. The van der Waals surface area contributed by atoms with Crippen LogP contribution >= 0.6 is 0 Å². The molecule has 0 atom stereocenters. The van der Waals surface area contributed by atoms with Gasteiger partial charge in [0.15, 0.2) is 0 Å². The normalized spacial score (nSPS) is 16.3. The second kappa shape index (κ2) is 4.09. The van der Waals surface area contributed by atoms with E-state index in [-0.39, 0.29) is 0 Å². The monoisotopic (exact) mass is 187 g/mol. The van der Waals surface area contributed by atoms with Crippen molar-refractivity contribution < 1.29 is 4.79 Å². The molecule has 0 aliphatic carbocycles. The maximum absolute atomic E-state index is 10.8. The molecule has 1 N–H and O–H groups in total. The third-order valence-electron chi connectivity index (χ3n) is 2.45. The topological polar surface area (TPSA) is 29.1 Å². The minimum absolute atomic E-state index is 0.890. The Balaban J connectivity index is 2.40. The fraction of sp³-hybridized carbons (Fsp3) is 0.250. The van der Waals surface area contributed by atoms with Crippen LogP contribution in [0.3, 0.4) is 0 Å². The Morgan fingerprint density at radius 1 is 1.21 bits per heavy atom. The van der Waals surface area contributed by atoms with Crippen molar-refractivity contribution in [3.8, 4) is 0 Å². The van der Waals surface area contributed by atoms with Gasteiger partial charge >= 0.3 is 0 Å². The number of hydrogen-bond donors (Lipinski definition) is 1. The summed E-state index contributed by atoms with van der Waals surface area (Å²) in [5.74, 6) is 0. The summed E-state index contributed by atoms with van der Waals surface area (Å²) >= 11 is 0. The van der Waals surface area contributed by atoms with E-state index in [9.17, 15) is 4.79 Å². The number of rotatable bonds is 2. The molecule has 0 saturated heterocycles. The molecule has 1 aliphatic rings. The van der Waals surface area contributed by atoms with Crippen molar-refractivity contribution in [2.24, 2.45) is 0 Å². The van der Waals surface area contributed by atoms with Gasteiger partial charge in [0.2, 0.25) is 0 Å². The molecule has 2 nitrogen and oxygen atoms in total. The average molecular weight is 187 g/mol. The first-order chi connectivity index (χ1) is 6.92. The minimum Gasteiger partial charge on any atom is -0.384 e. The largest absolute Gasteiger partial charge is 0.384 e. The summed E-state index contributed by atoms with van der Waals surface area (Å²) in [6.45, 7) is 0.960. The fourth-order valence-corrected chi connectivity index (χ4v) is 1.74. The molecule has 2 rings (SSSR count). The number of nitrogens with one attached hydrogen (secondary N) is 1. The van der Waals surface area contributed by atoms with E-state index in [0.717, 1.165) is 42.5 Å². The van der Waals surface area contributed by atoms with Gasteiger partial charge in [-0.05, 0) is 18.4 Å². The molecular weight excluding hydrogens is 174 g/mol. The standard InChI is InChI=1S/C12H13NO/c14-9-11-7-4-8-13-12(11)10-5-2-1-3-6-10/h1-3,5-6,9,13H,4,7-8H2. The van der Waals surface area contributed by atoms with E-state index in [1.165, 1.54) is 0 Å². The molecule has 0 fully saturated rings. The Kier molecular flexibility index (Phi) is 2.63. The second-order valence-corrected chi connectivity index (χ2v) is 3.41. The number of allylic oxidation sites excluding steroid dienone is 1. The molecule has 0 unspecified atom stereocenters. The summed E-state index contributed by atoms with van der Waals surface area (Å²) in [5.41, 5.74) is 3.00. The molecule has 0 spiro atoms. The van der Waals surface area contributed by atoms with Gasteiger partial charge in [-0.3, -0.25) is 4.79 Å². The molecular formula is C12H13NO. The van der Waals surface area contributed by atoms with Crippen molar-refractivity contribution >= 4 is 12.0 Å². The van der Waals surface area contributed by atoms with Crippen LogP contribution in [0.1, 0.15) is 18.4 Å². The molecule has 0 bridgehead atoms. The maximum Gasteiger partial charge on any atom is 0.148 e. The highest BCUT2D eigenvalue weighted by atomic mass is 16.1. The predicted molar refractivity (Wildman–Crippen MR) is 56.7 cm³/mol. The van der Waals surface area contributed by atoms with Crippen LogP contribution in [0.15, 0.2) is 35.9 Å². The van der Waals surface area contributed by atoms with Crippen LogP contribution in [-0.2, 0) is 4.79 Å². The Hall–Kier alpha value is -1.57. The van der Waals surface area contributed by atoms with Gasteiger partial charge in [-0.15, -0.1) is 0 Å². The van der Waals surface area contributed by atoms with E-state index >= 15 is 0 Å². The van der Waals surface area contributed by atoms with Crippen LogP contribution in [0, 0.1) is 0 Å². The molecule has 1 heterocycles. The highest BCUT2D eigenvalue weighted by Gasteiger charge is 2.12. The lowest BCUT2D eigenvalue weighted by atomic mass is 10.00. The Labute approximate surface area is 83.6 Å². The smallest absolute Gasteiger partial charge is 0.148 e. The summed E-state index contributed by atoms with van der Waals surface area (Å²) in [6.07, 6.45) is 2.90. The molecule has 0 aromatic heterocycles. The van der Waals surface area contributed by atoms with Crippen LogP contribution in [-0.4, -0.2) is 12.8 Å². The van der Waals surface area contributed by atoms with Crippen LogP contribution in [0.25, 0.3) is 5.70 Å². The zero-order valence-corrected chi connectivity index (χ0v) is 7.99. The summed E-state index contributed by atoms with van der Waals surface area (Å²) in [4.78, 5) is 10.8. The quantitative estimate of drug-likeness (QED) is 0.717. The van der Waals surface area contributed by atoms with Gasteiger partial charge in [0.25, 0.3) is 0 Å². The van der Waals surface area contributed by atoms with Crippen molar-refractivity contribution in [3.05, 3.63) is 41.5 Å². The second-order valence-electron chi connectivity index (χ2n) is 3.41. The Bertz CT molecular complexity index is 354. The van der Waals surface area contributed by atoms with Gasteiger partial charge in [-0.1, -0.05) is 30.3 Å². The highest BCUT2D eigenvalue weighted by Crippen LogP contribution is 2.21. The predicted octanol–water partition coefficient (Wildman–Crippen LogP) is 1.98. The summed E-state index contributed by atoms with van der Waals surface area (Å²) in [5, 5.41) is 3.28. The average Bonchev–Trinajstić information content (AvgIpc) is 2.30. The maximum atomic E-state index is 10.8. The van der Waals surface area contributed by atoms with E-state index in [4.69, 9.17) is 0 Å². The number of benzene rings is 1. The Morgan fingerprint density at radius 2 is 2.00 bits per heavy atom. The van der Waals surface area contributed by atoms with Crippen molar-refractivity contribution in [2.45, 2.75) is 12.8 Å². The van der Waals surface area contributed by atoms with Crippen LogP contribution in [0.2, 0.25) is 0 Å². The summed E-state index contributed by atoms with van der Waals surface area (Å²) in [7, 11) is 0. The van der Waals surface area contributed by atoms with Crippen molar-refractivity contribution in [3.63, 3.8) is 0 Å². The van der Waals surface area contributed by atoms with Crippen LogP contribution in [0.4, 0.5) is 0 Å². The molecule has 1 aliphatic heterocycles. The lowest BCUT2D eigenvalue weighted by molar-refractivity contribution is -0.105. The molecule has 0 saturated carbocycles. The number of carbonyl (C=O) groups is 1. The van der Waals surface area contributed by atoms with Gasteiger partial charge in [-0.2, -0.15) is 0 Å². The van der Waals surface area contributed by atoms with E-state index in [1.54, 1.807) is 0 Å². The van der Waals surface area contributed by atoms with Crippen LogP contribution in [0.5, 0.6) is 0 Å². The molecule has 0 amide bonds. The van der Waals surface area contributed by atoms with Gasteiger partial charge in [0.1, 0.15) is 6.29 Å². The van der Waals surface area contributed by atoms with Gasteiger partial charge < -0.3 is 5.32 Å².